The van der Waals surface area contributed by atoms with Gasteiger partial charge in [0, 0.05) is 22.2 Å². The van der Waals surface area contributed by atoms with Crippen LogP contribution in [-0.2, 0) is 4.74 Å². The Balaban J connectivity index is 2.02. The second-order valence-electron chi connectivity index (χ2n) is 4.76. The van der Waals surface area contributed by atoms with E-state index in [1.165, 1.54) is 37.3 Å². The number of esters is 1. The summed E-state index contributed by atoms with van der Waals surface area (Å²) in [6, 6.07) is 10.1. The van der Waals surface area contributed by atoms with Crippen LogP contribution in [0.4, 0.5) is 5.69 Å². The Kier molecular flexibility index (Phi) is 5.08. The fraction of sp³-hybridized carbons (Fsp3) is 0.125. The fourth-order valence-electron chi connectivity index (χ4n) is 1.92. The molecule has 0 aromatic heterocycles. The number of nitro groups is 1. The lowest BCUT2D eigenvalue weighted by Gasteiger charge is -2.05. The van der Waals surface area contributed by atoms with Crippen molar-refractivity contribution in [2.45, 2.75) is 6.92 Å². The third-order valence-corrected chi connectivity index (χ3v) is 3.38. The summed E-state index contributed by atoms with van der Waals surface area (Å²) in [5, 5.41) is 11.2. The number of ether oxygens (including phenoxy) is 1. The van der Waals surface area contributed by atoms with Crippen LogP contribution in [0.5, 0.6) is 0 Å². The molecule has 0 aliphatic carbocycles. The first kappa shape index (κ1) is 16.6. The van der Waals surface area contributed by atoms with Gasteiger partial charge in [0.2, 0.25) is 0 Å². The summed E-state index contributed by atoms with van der Waals surface area (Å²) in [6.45, 7) is 1.10. The minimum atomic E-state index is -0.717. The Labute approximate surface area is 136 Å². The van der Waals surface area contributed by atoms with Crippen molar-refractivity contribution in [3.63, 3.8) is 0 Å². The second kappa shape index (κ2) is 7.02. The van der Waals surface area contributed by atoms with Crippen molar-refractivity contribution in [2.24, 2.45) is 0 Å². The minimum absolute atomic E-state index is 0.0845. The van der Waals surface area contributed by atoms with Crippen LogP contribution in [0.3, 0.4) is 0 Å². The van der Waals surface area contributed by atoms with Gasteiger partial charge in [0.05, 0.1) is 10.5 Å². The Bertz CT molecular complexity index is 771. The number of hydrogen-bond donors (Lipinski definition) is 0. The van der Waals surface area contributed by atoms with E-state index in [1.807, 2.05) is 0 Å². The predicted octanol–water partition coefficient (Wildman–Crippen LogP) is 3.60. The second-order valence-corrected chi connectivity index (χ2v) is 5.20. The molecule has 0 bridgehead atoms. The molecule has 0 unspecified atom stereocenters. The van der Waals surface area contributed by atoms with Crippen LogP contribution in [-0.4, -0.2) is 23.3 Å². The Morgan fingerprint density at radius 3 is 2.30 bits per heavy atom. The van der Waals surface area contributed by atoms with Crippen molar-refractivity contribution in [3.8, 4) is 0 Å². The number of nitrogens with zero attached hydrogens (tertiary/aromatic N) is 1. The van der Waals surface area contributed by atoms with E-state index < -0.39 is 17.5 Å². The molecule has 0 spiro atoms. The number of benzene rings is 2. The van der Waals surface area contributed by atoms with Crippen LogP contribution in [0, 0.1) is 17.0 Å². The van der Waals surface area contributed by atoms with Gasteiger partial charge in [-0.2, -0.15) is 0 Å². The molecule has 0 aliphatic heterocycles. The van der Waals surface area contributed by atoms with E-state index in [4.69, 9.17) is 16.3 Å². The van der Waals surface area contributed by atoms with Gasteiger partial charge in [-0.1, -0.05) is 11.6 Å². The van der Waals surface area contributed by atoms with E-state index in [0.717, 1.165) is 0 Å². The highest BCUT2D eigenvalue weighted by Crippen LogP contribution is 2.19. The van der Waals surface area contributed by atoms with Crippen LogP contribution < -0.4 is 0 Å². The molecule has 7 heteroatoms. The van der Waals surface area contributed by atoms with Crippen LogP contribution in [0.15, 0.2) is 42.5 Å². The summed E-state index contributed by atoms with van der Waals surface area (Å²) < 4.78 is 4.94. The standard InChI is InChI=1S/C16H12ClNO5/c1-10-8-12(4-7-14(10)18(21)22)16(20)23-9-15(19)11-2-5-13(17)6-3-11/h2-8H,9H2,1H3. The number of carbonyl (C=O) groups excluding carboxylic acids is 2. The summed E-state index contributed by atoms with van der Waals surface area (Å²) in [4.78, 5) is 34.0. The first-order valence-electron chi connectivity index (χ1n) is 6.59. The van der Waals surface area contributed by atoms with E-state index in [1.54, 1.807) is 12.1 Å². The van der Waals surface area contributed by atoms with Crippen LogP contribution in [0.1, 0.15) is 26.3 Å². The molecule has 0 saturated carbocycles. The van der Waals surface area contributed by atoms with E-state index >= 15 is 0 Å². The third kappa shape index (κ3) is 4.14. The third-order valence-electron chi connectivity index (χ3n) is 3.13. The predicted molar refractivity (Wildman–Crippen MR) is 83.9 cm³/mol. The molecule has 0 heterocycles. The van der Waals surface area contributed by atoms with Gasteiger partial charge >= 0.3 is 5.97 Å². The maximum atomic E-state index is 11.9. The van der Waals surface area contributed by atoms with E-state index in [9.17, 15) is 19.7 Å². The number of halogens is 1. The van der Waals surface area contributed by atoms with Gasteiger partial charge in [-0.25, -0.2) is 4.79 Å². The van der Waals surface area contributed by atoms with Gasteiger partial charge in [0.25, 0.3) is 5.69 Å². The quantitative estimate of drug-likeness (QED) is 0.361. The summed E-state index contributed by atoms with van der Waals surface area (Å²) in [6.07, 6.45) is 0. The molecule has 0 aliphatic rings. The van der Waals surface area contributed by atoms with Crippen molar-refractivity contribution in [1.82, 2.24) is 0 Å². The summed E-state index contributed by atoms with van der Waals surface area (Å²) in [7, 11) is 0. The van der Waals surface area contributed by atoms with Gasteiger partial charge in [0.15, 0.2) is 12.4 Å². The average molecular weight is 334 g/mol. The monoisotopic (exact) mass is 333 g/mol. The van der Waals surface area contributed by atoms with Crippen LogP contribution >= 0.6 is 11.6 Å². The van der Waals surface area contributed by atoms with Gasteiger partial charge in [-0.05, 0) is 43.3 Å². The highest BCUT2D eigenvalue weighted by atomic mass is 35.5. The molecule has 0 atom stereocenters. The number of nitro benzene ring substituents is 1. The van der Waals surface area contributed by atoms with Crippen LogP contribution in [0.2, 0.25) is 5.02 Å². The SMILES string of the molecule is Cc1cc(C(=O)OCC(=O)c2ccc(Cl)cc2)ccc1[N+](=O)[O-]. The number of aryl methyl sites for hydroxylation is 1. The molecule has 2 aromatic rings. The van der Waals surface area contributed by atoms with Crippen molar-refractivity contribution in [2.75, 3.05) is 6.61 Å². The normalized spacial score (nSPS) is 10.2. The zero-order valence-electron chi connectivity index (χ0n) is 12.1. The molecular formula is C16H12ClNO5. The lowest BCUT2D eigenvalue weighted by molar-refractivity contribution is -0.385. The molecule has 23 heavy (non-hydrogen) atoms. The van der Waals surface area contributed by atoms with Crippen molar-refractivity contribution >= 4 is 29.0 Å². The number of Topliss-reactive ketones (excluding diaryl/α,β-unsaturated/α-hetero) is 1. The van der Waals surface area contributed by atoms with Crippen LogP contribution in [0.25, 0.3) is 0 Å². The largest absolute Gasteiger partial charge is 0.454 e. The first-order valence-corrected chi connectivity index (χ1v) is 6.97. The molecule has 2 rings (SSSR count). The molecule has 0 saturated heterocycles. The number of rotatable bonds is 5. The average Bonchev–Trinajstić information content (AvgIpc) is 2.52. The number of carbonyl (C=O) groups is 2. The minimum Gasteiger partial charge on any atom is -0.454 e. The number of hydrogen-bond acceptors (Lipinski definition) is 5. The first-order chi connectivity index (χ1) is 10.9. The highest BCUT2D eigenvalue weighted by Gasteiger charge is 2.16. The van der Waals surface area contributed by atoms with Gasteiger partial charge < -0.3 is 4.74 Å². The van der Waals surface area contributed by atoms with Gasteiger partial charge in [0.1, 0.15) is 0 Å². The Morgan fingerprint density at radius 1 is 1.13 bits per heavy atom. The highest BCUT2D eigenvalue weighted by molar-refractivity contribution is 6.30. The van der Waals surface area contributed by atoms with E-state index in [0.29, 0.717) is 16.1 Å². The molecule has 0 fully saturated rings. The molecule has 0 amide bonds. The fourth-order valence-corrected chi connectivity index (χ4v) is 2.05. The maximum Gasteiger partial charge on any atom is 0.338 e. The van der Waals surface area contributed by atoms with Gasteiger partial charge in [-0.3, -0.25) is 14.9 Å². The Hall–Kier alpha value is -2.73. The van der Waals surface area contributed by atoms with Gasteiger partial charge in [-0.15, -0.1) is 0 Å². The molecular weight excluding hydrogens is 322 g/mol. The maximum absolute atomic E-state index is 11.9. The lowest BCUT2D eigenvalue weighted by atomic mass is 10.1. The molecule has 0 N–H and O–H groups in total. The summed E-state index contributed by atoms with van der Waals surface area (Å²) >= 11 is 5.73. The lowest BCUT2D eigenvalue weighted by Crippen LogP contribution is -2.14. The zero-order chi connectivity index (χ0) is 17.0. The summed E-state index contributed by atoms with van der Waals surface area (Å²) in [5.74, 6) is -1.08. The topological polar surface area (TPSA) is 86.5 Å². The van der Waals surface area contributed by atoms with E-state index in [-0.39, 0.29) is 17.0 Å². The molecule has 0 radical (unpaired) electrons. The molecule has 118 valence electrons. The van der Waals surface area contributed by atoms with Crippen molar-refractivity contribution in [1.29, 1.82) is 0 Å². The van der Waals surface area contributed by atoms with Crippen molar-refractivity contribution in [3.05, 3.63) is 74.3 Å². The summed E-state index contributed by atoms with van der Waals surface area (Å²) in [5.41, 5.74) is 0.784. The van der Waals surface area contributed by atoms with E-state index in [2.05, 4.69) is 0 Å². The smallest absolute Gasteiger partial charge is 0.338 e. The Morgan fingerprint density at radius 2 is 1.74 bits per heavy atom. The zero-order valence-corrected chi connectivity index (χ0v) is 12.9. The van der Waals surface area contributed by atoms with Crippen molar-refractivity contribution < 1.29 is 19.2 Å². The number of ketones is 1. The molecule has 2 aromatic carbocycles. The molecule has 6 nitrogen and oxygen atoms in total.